The van der Waals surface area contributed by atoms with Crippen molar-refractivity contribution in [1.82, 2.24) is 19.8 Å². The molecule has 0 atom stereocenters. The van der Waals surface area contributed by atoms with Crippen molar-refractivity contribution in [3.8, 4) is 0 Å². The molecule has 2 N–H and O–H groups in total. The third-order valence-corrected chi connectivity index (χ3v) is 4.69. The third-order valence-electron chi connectivity index (χ3n) is 3.28. The quantitative estimate of drug-likeness (QED) is 0.570. The van der Waals surface area contributed by atoms with Gasteiger partial charge in [-0.2, -0.15) is 5.10 Å². The Bertz CT molecular complexity index is 525. The van der Waals surface area contributed by atoms with E-state index in [0.29, 0.717) is 19.1 Å². The first kappa shape index (κ1) is 16.4. The Morgan fingerprint density at radius 3 is 2.95 bits per heavy atom. The van der Waals surface area contributed by atoms with Gasteiger partial charge in [-0.1, -0.05) is 6.92 Å². The number of ether oxygens (including phenoxy) is 1. The minimum absolute atomic E-state index is 0.196. The van der Waals surface area contributed by atoms with E-state index >= 15 is 0 Å². The van der Waals surface area contributed by atoms with Crippen molar-refractivity contribution in [2.24, 2.45) is 5.92 Å². The van der Waals surface area contributed by atoms with E-state index in [-0.39, 0.29) is 11.4 Å². The van der Waals surface area contributed by atoms with Gasteiger partial charge < -0.3 is 10.1 Å². The lowest BCUT2D eigenvalue weighted by atomic mass is 10.5. The highest BCUT2D eigenvalue weighted by Crippen LogP contribution is 2.28. The number of likely N-dealkylation sites (N-methyl/N-ethyl adjacent to an activating group) is 1. The second-order valence-corrected chi connectivity index (χ2v) is 6.98. The molecule has 7 nitrogen and oxygen atoms in total. The lowest BCUT2D eigenvalue weighted by Gasteiger charge is -2.05. The van der Waals surface area contributed by atoms with Crippen molar-refractivity contribution in [3.05, 3.63) is 12.4 Å². The SMILES string of the molecule is CCNCCn1cc(S(=O)(=O)NCCOCC2CC2)cn1. The van der Waals surface area contributed by atoms with Crippen LogP contribution in [0.5, 0.6) is 0 Å². The zero-order chi connectivity index (χ0) is 15.1. The van der Waals surface area contributed by atoms with Gasteiger partial charge in [0, 0.05) is 25.9 Å². The molecule has 120 valence electrons. The van der Waals surface area contributed by atoms with Gasteiger partial charge in [-0.25, -0.2) is 13.1 Å². The molecule has 0 bridgehead atoms. The molecular formula is C13H24N4O3S. The third kappa shape index (κ3) is 5.74. The van der Waals surface area contributed by atoms with Gasteiger partial charge in [0.2, 0.25) is 10.0 Å². The number of nitrogens with zero attached hydrogens (tertiary/aromatic N) is 2. The van der Waals surface area contributed by atoms with Gasteiger partial charge in [0.15, 0.2) is 0 Å². The fourth-order valence-corrected chi connectivity index (χ4v) is 2.81. The monoisotopic (exact) mass is 316 g/mol. The average Bonchev–Trinajstić information content (AvgIpc) is 3.14. The Morgan fingerprint density at radius 2 is 2.24 bits per heavy atom. The van der Waals surface area contributed by atoms with Gasteiger partial charge in [0.05, 0.1) is 19.3 Å². The van der Waals surface area contributed by atoms with E-state index in [1.54, 1.807) is 10.9 Å². The summed E-state index contributed by atoms with van der Waals surface area (Å²) in [5, 5.41) is 7.22. The van der Waals surface area contributed by atoms with Crippen LogP contribution in [-0.4, -0.2) is 51.0 Å². The summed E-state index contributed by atoms with van der Waals surface area (Å²) in [5.74, 6) is 0.691. The molecule has 0 amide bonds. The molecule has 0 unspecified atom stereocenters. The molecule has 0 aliphatic heterocycles. The lowest BCUT2D eigenvalue weighted by Crippen LogP contribution is -2.27. The second kappa shape index (κ2) is 7.88. The first-order valence-electron chi connectivity index (χ1n) is 7.42. The van der Waals surface area contributed by atoms with Crippen LogP contribution >= 0.6 is 0 Å². The minimum atomic E-state index is -3.49. The maximum Gasteiger partial charge on any atom is 0.243 e. The molecule has 2 rings (SSSR count). The summed E-state index contributed by atoms with van der Waals surface area (Å²) in [6.45, 7) is 5.75. The molecule has 1 aliphatic rings. The Balaban J connectivity index is 1.72. The summed E-state index contributed by atoms with van der Waals surface area (Å²) < 4.78 is 33.7. The van der Waals surface area contributed by atoms with Crippen LogP contribution in [0.25, 0.3) is 0 Å². The normalized spacial score (nSPS) is 15.5. The largest absolute Gasteiger partial charge is 0.380 e. The van der Waals surface area contributed by atoms with Gasteiger partial charge in [0.25, 0.3) is 0 Å². The lowest BCUT2D eigenvalue weighted by molar-refractivity contribution is 0.129. The molecule has 1 aliphatic carbocycles. The highest BCUT2D eigenvalue weighted by Gasteiger charge is 2.21. The predicted molar refractivity (Wildman–Crippen MR) is 79.5 cm³/mol. The molecule has 1 aromatic rings. The molecule has 0 saturated heterocycles. The standard InChI is InChI=1S/C13H24N4O3S/c1-2-14-5-7-17-10-13(9-15-17)21(18,19)16-6-8-20-11-12-3-4-12/h9-10,12,14,16H,2-8,11H2,1H3. The second-order valence-electron chi connectivity index (χ2n) is 5.21. The van der Waals surface area contributed by atoms with Crippen LogP contribution in [0, 0.1) is 5.92 Å². The first-order chi connectivity index (χ1) is 10.1. The number of sulfonamides is 1. The van der Waals surface area contributed by atoms with Crippen molar-refractivity contribution in [2.75, 3.05) is 32.8 Å². The highest BCUT2D eigenvalue weighted by molar-refractivity contribution is 7.89. The predicted octanol–water partition coefficient (Wildman–Crippen LogP) is 0.198. The van der Waals surface area contributed by atoms with E-state index in [0.717, 1.165) is 19.7 Å². The van der Waals surface area contributed by atoms with Crippen LogP contribution in [0.1, 0.15) is 19.8 Å². The van der Waals surface area contributed by atoms with Gasteiger partial charge in [-0.3, -0.25) is 4.68 Å². The summed E-state index contributed by atoms with van der Waals surface area (Å²) in [6.07, 6.45) is 5.39. The molecule has 21 heavy (non-hydrogen) atoms. The Hall–Kier alpha value is -0.960. The Labute approximate surface area is 126 Å². The number of hydrogen-bond donors (Lipinski definition) is 2. The zero-order valence-corrected chi connectivity index (χ0v) is 13.2. The molecule has 1 fully saturated rings. The summed E-state index contributed by atoms with van der Waals surface area (Å²) in [5.41, 5.74) is 0. The molecule has 1 aromatic heterocycles. The average molecular weight is 316 g/mol. The van der Waals surface area contributed by atoms with E-state index in [9.17, 15) is 8.42 Å². The summed E-state index contributed by atoms with van der Waals surface area (Å²) in [4.78, 5) is 0.196. The van der Waals surface area contributed by atoms with E-state index in [1.165, 1.54) is 19.0 Å². The molecular weight excluding hydrogens is 292 g/mol. The van der Waals surface area contributed by atoms with Crippen molar-refractivity contribution < 1.29 is 13.2 Å². The van der Waals surface area contributed by atoms with Crippen molar-refractivity contribution in [2.45, 2.75) is 31.2 Å². The molecule has 8 heteroatoms. The van der Waals surface area contributed by atoms with Gasteiger partial charge in [-0.05, 0) is 25.3 Å². The van der Waals surface area contributed by atoms with E-state index < -0.39 is 10.0 Å². The van der Waals surface area contributed by atoms with E-state index in [1.807, 2.05) is 6.92 Å². The van der Waals surface area contributed by atoms with Crippen LogP contribution in [0.3, 0.4) is 0 Å². The van der Waals surface area contributed by atoms with Gasteiger partial charge in [-0.15, -0.1) is 0 Å². The highest BCUT2D eigenvalue weighted by atomic mass is 32.2. The van der Waals surface area contributed by atoms with Gasteiger partial charge >= 0.3 is 0 Å². The van der Waals surface area contributed by atoms with Crippen LogP contribution in [0.2, 0.25) is 0 Å². The molecule has 0 radical (unpaired) electrons. The van der Waals surface area contributed by atoms with Crippen molar-refractivity contribution in [1.29, 1.82) is 0 Å². The maximum atomic E-state index is 12.0. The summed E-state index contributed by atoms with van der Waals surface area (Å²) in [6, 6.07) is 0. The topological polar surface area (TPSA) is 85.2 Å². The van der Waals surface area contributed by atoms with Crippen LogP contribution in [0.15, 0.2) is 17.3 Å². The fraction of sp³-hybridized carbons (Fsp3) is 0.769. The minimum Gasteiger partial charge on any atom is -0.380 e. The number of aromatic nitrogens is 2. The first-order valence-corrected chi connectivity index (χ1v) is 8.90. The van der Waals surface area contributed by atoms with Crippen LogP contribution in [0.4, 0.5) is 0 Å². The number of hydrogen-bond acceptors (Lipinski definition) is 5. The molecule has 1 saturated carbocycles. The Morgan fingerprint density at radius 1 is 1.43 bits per heavy atom. The van der Waals surface area contributed by atoms with Crippen LogP contribution in [-0.2, 0) is 21.3 Å². The van der Waals surface area contributed by atoms with E-state index in [2.05, 4.69) is 15.1 Å². The molecule has 0 aromatic carbocycles. The fourth-order valence-electron chi connectivity index (χ4n) is 1.84. The molecule has 1 heterocycles. The van der Waals surface area contributed by atoms with Gasteiger partial charge in [0.1, 0.15) is 4.90 Å². The van der Waals surface area contributed by atoms with Crippen LogP contribution < -0.4 is 10.0 Å². The van der Waals surface area contributed by atoms with E-state index in [4.69, 9.17) is 4.74 Å². The zero-order valence-electron chi connectivity index (χ0n) is 12.4. The summed E-state index contributed by atoms with van der Waals surface area (Å²) >= 11 is 0. The maximum absolute atomic E-state index is 12.0. The van der Waals surface area contributed by atoms with Crippen molar-refractivity contribution in [3.63, 3.8) is 0 Å². The number of nitrogens with one attached hydrogen (secondary N) is 2. The Kier molecular flexibility index (Phi) is 6.16. The molecule has 0 spiro atoms. The summed E-state index contributed by atoms with van der Waals surface area (Å²) in [7, 11) is -3.49. The van der Waals surface area contributed by atoms with Crippen molar-refractivity contribution >= 4 is 10.0 Å². The number of rotatable bonds is 11. The smallest absolute Gasteiger partial charge is 0.243 e.